The zero-order valence-corrected chi connectivity index (χ0v) is 15.7. The molecule has 3 aromatic rings. The Bertz CT molecular complexity index is 806. The molecule has 6 heteroatoms. The van der Waals surface area contributed by atoms with Gasteiger partial charge in [0.15, 0.2) is 5.82 Å². The molecule has 25 heavy (non-hydrogen) atoms. The number of halogens is 1. The van der Waals surface area contributed by atoms with Crippen molar-refractivity contribution >= 4 is 21.8 Å². The maximum Gasteiger partial charge on any atom is 0.290 e. The van der Waals surface area contributed by atoms with Crippen LogP contribution in [0.4, 0.5) is 0 Å². The Hall–Kier alpha value is -2.47. The monoisotopic (exact) mass is 398 g/mol. The number of aromatic nitrogens is 3. The van der Waals surface area contributed by atoms with Gasteiger partial charge in [0, 0.05) is 16.6 Å². The number of hydrogen-bond acceptors (Lipinski definition) is 3. The fourth-order valence-electron chi connectivity index (χ4n) is 2.38. The van der Waals surface area contributed by atoms with E-state index in [9.17, 15) is 4.79 Å². The summed E-state index contributed by atoms with van der Waals surface area (Å²) < 4.78 is 2.69. The maximum absolute atomic E-state index is 12.3. The molecule has 128 valence electrons. The Morgan fingerprint density at radius 3 is 2.44 bits per heavy atom. The van der Waals surface area contributed by atoms with E-state index in [4.69, 9.17) is 0 Å². The van der Waals surface area contributed by atoms with Crippen LogP contribution in [0.2, 0.25) is 0 Å². The minimum absolute atomic E-state index is 0.173. The summed E-state index contributed by atoms with van der Waals surface area (Å²) in [7, 11) is 0. The van der Waals surface area contributed by atoms with Crippen molar-refractivity contribution < 1.29 is 4.79 Å². The van der Waals surface area contributed by atoms with Crippen LogP contribution in [0.1, 0.15) is 29.5 Å². The zero-order valence-electron chi connectivity index (χ0n) is 14.2. The van der Waals surface area contributed by atoms with Crippen molar-refractivity contribution in [3.63, 3.8) is 0 Å². The average Bonchev–Trinajstić information content (AvgIpc) is 3.06. The van der Waals surface area contributed by atoms with Crippen molar-refractivity contribution in [2.45, 2.75) is 20.3 Å². The lowest BCUT2D eigenvalue weighted by Gasteiger charge is -2.06. The summed E-state index contributed by atoms with van der Waals surface area (Å²) in [5, 5.41) is 7.27. The van der Waals surface area contributed by atoms with E-state index in [1.54, 1.807) is 4.68 Å². The van der Waals surface area contributed by atoms with Crippen molar-refractivity contribution in [3.05, 3.63) is 64.4 Å². The number of aryl methyl sites for hydroxylation is 1. The molecule has 1 amide bonds. The molecule has 0 saturated carbocycles. The predicted molar refractivity (Wildman–Crippen MR) is 102 cm³/mol. The van der Waals surface area contributed by atoms with Gasteiger partial charge in [-0.25, -0.2) is 9.67 Å². The molecule has 0 bridgehead atoms. The Kier molecular flexibility index (Phi) is 5.28. The lowest BCUT2D eigenvalue weighted by Crippen LogP contribution is -2.25. The van der Waals surface area contributed by atoms with E-state index >= 15 is 0 Å². The number of rotatable bonds is 5. The maximum atomic E-state index is 12.3. The van der Waals surface area contributed by atoms with Crippen molar-refractivity contribution in [2.75, 3.05) is 6.54 Å². The molecule has 0 fully saturated rings. The molecule has 1 heterocycles. The van der Waals surface area contributed by atoms with E-state index in [1.807, 2.05) is 62.4 Å². The quantitative estimate of drug-likeness (QED) is 0.702. The third kappa shape index (κ3) is 3.96. The average molecular weight is 399 g/mol. The summed E-state index contributed by atoms with van der Waals surface area (Å²) in [6.07, 6.45) is 0.865. The molecule has 0 aliphatic rings. The molecular weight excluding hydrogens is 380 g/mol. The highest BCUT2D eigenvalue weighted by atomic mass is 79.9. The predicted octanol–water partition coefficient (Wildman–Crippen LogP) is 4.15. The van der Waals surface area contributed by atoms with Gasteiger partial charge in [-0.2, -0.15) is 0 Å². The molecule has 0 radical (unpaired) electrons. The van der Waals surface area contributed by atoms with Crippen LogP contribution in [-0.4, -0.2) is 27.2 Å². The number of amides is 1. The van der Waals surface area contributed by atoms with Crippen molar-refractivity contribution in [1.29, 1.82) is 0 Å². The van der Waals surface area contributed by atoms with Crippen molar-refractivity contribution in [3.8, 4) is 17.1 Å². The van der Waals surface area contributed by atoms with Crippen LogP contribution in [0.3, 0.4) is 0 Å². The highest BCUT2D eigenvalue weighted by Crippen LogP contribution is 2.23. The topological polar surface area (TPSA) is 59.8 Å². The van der Waals surface area contributed by atoms with E-state index in [2.05, 4.69) is 31.3 Å². The van der Waals surface area contributed by atoms with Gasteiger partial charge < -0.3 is 5.32 Å². The van der Waals surface area contributed by atoms with Gasteiger partial charge in [0.1, 0.15) is 0 Å². The van der Waals surface area contributed by atoms with Crippen LogP contribution in [-0.2, 0) is 0 Å². The normalized spacial score (nSPS) is 10.7. The third-order valence-corrected chi connectivity index (χ3v) is 4.26. The van der Waals surface area contributed by atoms with Crippen molar-refractivity contribution in [2.24, 2.45) is 0 Å². The zero-order chi connectivity index (χ0) is 17.8. The van der Waals surface area contributed by atoms with Gasteiger partial charge in [0.2, 0.25) is 5.82 Å². The number of nitrogens with zero attached hydrogens (tertiary/aromatic N) is 3. The van der Waals surface area contributed by atoms with Crippen LogP contribution in [0.25, 0.3) is 17.1 Å². The smallest absolute Gasteiger partial charge is 0.290 e. The standard InChI is InChI=1S/C19H19BrN4O/c1-3-12-21-19(25)17-22-18(14-6-4-13(2)5-7-14)24(23-17)16-10-8-15(20)9-11-16/h4-11H,3,12H2,1-2H3,(H,21,25). The lowest BCUT2D eigenvalue weighted by molar-refractivity contribution is 0.0943. The fourth-order valence-corrected chi connectivity index (χ4v) is 2.64. The number of hydrogen-bond donors (Lipinski definition) is 1. The van der Waals surface area contributed by atoms with Gasteiger partial charge >= 0.3 is 0 Å². The molecule has 0 aliphatic carbocycles. The number of benzene rings is 2. The number of nitrogens with one attached hydrogen (secondary N) is 1. The minimum atomic E-state index is -0.258. The Labute approximate surface area is 155 Å². The first kappa shape index (κ1) is 17.4. The molecule has 0 saturated heterocycles. The van der Waals surface area contributed by atoms with Gasteiger partial charge in [-0.15, -0.1) is 5.10 Å². The fraction of sp³-hybridized carbons (Fsp3) is 0.211. The first-order chi connectivity index (χ1) is 12.1. The molecule has 0 spiro atoms. The third-order valence-electron chi connectivity index (χ3n) is 3.73. The molecule has 0 aliphatic heterocycles. The van der Waals surface area contributed by atoms with E-state index < -0.39 is 0 Å². The summed E-state index contributed by atoms with van der Waals surface area (Å²) in [6.45, 7) is 4.64. The second-order valence-corrected chi connectivity index (χ2v) is 6.68. The van der Waals surface area contributed by atoms with E-state index in [0.717, 1.165) is 22.1 Å². The lowest BCUT2D eigenvalue weighted by atomic mass is 10.1. The van der Waals surface area contributed by atoms with Crippen molar-refractivity contribution in [1.82, 2.24) is 20.1 Å². The molecule has 0 unspecified atom stereocenters. The first-order valence-corrected chi connectivity index (χ1v) is 8.96. The van der Waals surface area contributed by atoms with Crippen LogP contribution in [0.15, 0.2) is 53.0 Å². The van der Waals surface area contributed by atoms with Gasteiger partial charge in [-0.1, -0.05) is 52.7 Å². The minimum Gasteiger partial charge on any atom is -0.349 e. The molecule has 0 atom stereocenters. The van der Waals surface area contributed by atoms with Gasteiger partial charge in [0.05, 0.1) is 5.69 Å². The van der Waals surface area contributed by atoms with Gasteiger partial charge in [-0.3, -0.25) is 4.79 Å². The molecular formula is C19H19BrN4O. The van der Waals surface area contributed by atoms with Crippen LogP contribution in [0.5, 0.6) is 0 Å². The first-order valence-electron chi connectivity index (χ1n) is 8.16. The highest BCUT2D eigenvalue weighted by molar-refractivity contribution is 9.10. The molecule has 1 aromatic heterocycles. The van der Waals surface area contributed by atoms with Crippen LogP contribution < -0.4 is 5.32 Å². The summed E-state index contributed by atoms with van der Waals surface area (Å²) >= 11 is 3.44. The van der Waals surface area contributed by atoms with E-state index in [0.29, 0.717) is 12.4 Å². The summed E-state index contributed by atoms with van der Waals surface area (Å²) in [5.41, 5.74) is 2.93. The summed E-state index contributed by atoms with van der Waals surface area (Å²) in [4.78, 5) is 16.8. The van der Waals surface area contributed by atoms with E-state index in [-0.39, 0.29) is 11.7 Å². The Balaban J connectivity index is 2.07. The Morgan fingerprint density at radius 1 is 1.12 bits per heavy atom. The Morgan fingerprint density at radius 2 is 1.80 bits per heavy atom. The van der Waals surface area contributed by atoms with Gasteiger partial charge in [-0.05, 0) is 37.6 Å². The molecule has 3 rings (SSSR count). The van der Waals surface area contributed by atoms with Crippen LogP contribution in [0, 0.1) is 6.92 Å². The largest absolute Gasteiger partial charge is 0.349 e. The van der Waals surface area contributed by atoms with Gasteiger partial charge in [0.25, 0.3) is 5.91 Å². The molecule has 5 nitrogen and oxygen atoms in total. The second-order valence-electron chi connectivity index (χ2n) is 5.77. The molecule has 1 N–H and O–H groups in total. The number of carbonyl (C=O) groups is 1. The summed E-state index contributed by atoms with van der Waals surface area (Å²) in [6, 6.07) is 15.8. The SMILES string of the molecule is CCCNC(=O)c1nc(-c2ccc(C)cc2)n(-c2ccc(Br)cc2)n1. The van der Waals surface area contributed by atoms with Crippen LogP contribution >= 0.6 is 15.9 Å². The second kappa shape index (κ2) is 7.61. The highest BCUT2D eigenvalue weighted by Gasteiger charge is 2.18. The number of carbonyl (C=O) groups excluding carboxylic acids is 1. The molecule has 2 aromatic carbocycles. The summed E-state index contributed by atoms with van der Waals surface area (Å²) in [5.74, 6) is 0.557. The van der Waals surface area contributed by atoms with E-state index in [1.165, 1.54) is 5.56 Å².